The van der Waals surface area contributed by atoms with E-state index >= 15 is 0 Å². The number of hydrogen-bond donors (Lipinski definition) is 0. The molecule has 0 saturated carbocycles. The third-order valence-electron chi connectivity index (χ3n) is 3.56. The van der Waals surface area contributed by atoms with Crippen LogP contribution in [-0.4, -0.2) is 32.6 Å². The van der Waals surface area contributed by atoms with Gasteiger partial charge in [-0.1, -0.05) is 31.0 Å². The highest BCUT2D eigenvalue weighted by Gasteiger charge is 2.39. The predicted octanol–water partition coefficient (Wildman–Crippen LogP) is 1.91. The number of hydroxylamine groups is 2. The second-order valence-corrected chi connectivity index (χ2v) is 5.59. The fraction of sp³-hybridized carbons (Fsp3) is 0.250. The molecule has 0 unspecified atom stereocenters. The molecule has 0 aliphatic carbocycles. The Balaban J connectivity index is 1.88. The average Bonchev–Trinajstić information content (AvgIpc) is 3.02. The molecule has 1 aromatic carbocycles. The highest BCUT2D eigenvalue weighted by molar-refractivity contribution is 6.21. The van der Waals surface area contributed by atoms with Crippen molar-refractivity contribution < 1.29 is 19.2 Å². The minimum Gasteiger partial charge on any atom is -0.324 e. The van der Waals surface area contributed by atoms with Crippen molar-refractivity contribution in [3.8, 4) is 0 Å². The second-order valence-electron chi connectivity index (χ2n) is 5.59. The smallest absolute Gasteiger partial charge is 0.324 e. The van der Waals surface area contributed by atoms with E-state index in [0.29, 0.717) is 10.8 Å². The van der Waals surface area contributed by atoms with Crippen LogP contribution in [0.1, 0.15) is 56.5 Å². The first-order valence-corrected chi connectivity index (χ1v) is 7.13. The molecule has 118 valence electrons. The molecule has 0 saturated heterocycles. The van der Waals surface area contributed by atoms with E-state index in [1.807, 2.05) is 13.8 Å². The Hall–Kier alpha value is -2.96. The maximum Gasteiger partial charge on any atom is 0.367 e. The van der Waals surface area contributed by atoms with Gasteiger partial charge in [0.15, 0.2) is 0 Å². The van der Waals surface area contributed by atoms with Crippen LogP contribution >= 0.6 is 0 Å². The van der Waals surface area contributed by atoms with Crippen LogP contribution in [0.5, 0.6) is 0 Å². The van der Waals surface area contributed by atoms with Crippen molar-refractivity contribution in [2.24, 2.45) is 7.05 Å². The van der Waals surface area contributed by atoms with Crippen molar-refractivity contribution in [3.05, 3.63) is 52.8 Å². The molecule has 1 aliphatic rings. The van der Waals surface area contributed by atoms with E-state index in [1.54, 1.807) is 19.2 Å². The Kier molecular flexibility index (Phi) is 3.48. The number of fused-ring (bicyclic) bond motifs is 1. The van der Waals surface area contributed by atoms with Crippen molar-refractivity contribution in [3.63, 3.8) is 0 Å². The molecule has 2 heterocycles. The van der Waals surface area contributed by atoms with E-state index < -0.39 is 17.8 Å². The van der Waals surface area contributed by atoms with E-state index in [9.17, 15) is 14.4 Å². The summed E-state index contributed by atoms with van der Waals surface area (Å²) < 4.78 is 1.49. The lowest BCUT2D eigenvalue weighted by molar-refractivity contribution is -0.0585. The van der Waals surface area contributed by atoms with Crippen molar-refractivity contribution in [2.45, 2.75) is 19.8 Å². The van der Waals surface area contributed by atoms with Crippen molar-refractivity contribution in [2.75, 3.05) is 0 Å². The fourth-order valence-corrected chi connectivity index (χ4v) is 2.47. The van der Waals surface area contributed by atoms with Crippen LogP contribution in [0.2, 0.25) is 0 Å². The summed E-state index contributed by atoms with van der Waals surface area (Å²) >= 11 is 0. The van der Waals surface area contributed by atoms with Gasteiger partial charge in [-0.25, -0.2) is 4.79 Å². The highest BCUT2D eigenvalue weighted by Crippen LogP contribution is 2.24. The maximum absolute atomic E-state index is 12.4. The van der Waals surface area contributed by atoms with Gasteiger partial charge in [-0.05, 0) is 18.1 Å². The summed E-state index contributed by atoms with van der Waals surface area (Å²) in [5.74, 6) is -2.07. The predicted molar refractivity (Wildman–Crippen MR) is 79.7 cm³/mol. The number of carbonyl (C=O) groups is 3. The van der Waals surface area contributed by atoms with Gasteiger partial charge in [-0.15, -0.1) is 0 Å². The zero-order chi connectivity index (χ0) is 16.7. The van der Waals surface area contributed by atoms with Crippen LogP contribution in [0.15, 0.2) is 30.5 Å². The number of nitrogens with zero attached hydrogens (tertiary/aromatic N) is 3. The van der Waals surface area contributed by atoms with Gasteiger partial charge in [0.25, 0.3) is 11.8 Å². The fourth-order valence-electron chi connectivity index (χ4n) is 2.47. The molecule has 0 spiro atoms. The molecule has 23 heavy (non-hydrogen) atoms. The summed E-state index contributed by atoms with van der Waals surface area (Å²) in [6, 6.07) is 6.33. The first kappa shape index (κ1) is 15.0. The van der Waals surface area contributed by atoms with Crippen molar-refractivity contribution in [1.29, 1.82) is 0 Å². The molecular formula is C16H15N3O4. The lowest BCUT2D eigenvalue weighted by Crippen LogP contribution is -2.32. The monoisotopic (exact) mass is 313 g/mol. The summed E-state index contributed by atoms with van der Waals surface area (Å²) in [5.41, 5.74) is 1.23. The number of hydrogen-bond acceptors (Lipinski definition) is 5. The topological polar surface area (TPSA) is 81.5 Å². The molecule has 2 aromatic rings. The number of aryl methyl sites for hydroxylation is 1. The molecule has 0 radical (unpaired) electrons. The van der Waals surface area contributed by atoms with Crippen molar-refractivity contribution in [1.82, 2.24) is 14.8 Å². The van der Waals surface area contributed by atoms with Crippen LogP contribution in [0.3, 0.4) is 0 Å². The van der Waals surface area contributed by atoms with E-state index in [-0.39, 0.29) is 22.6 Å². The second kappa shape index (κ2) is 5.35. The number of amides is 2. The molecule has 2 amide bonds. The van der Waals surface area contributed by atoms with Gasteiger partial charge < -0.3 is 4.84 Å². The lowest BCUT2D eigenvalue weighted by atomic mass is 10.1. The zero-order valence-electron chi connectivity index (χ0n) is 12.9. The Morgan fingerprint density at radius 2 is 1.70 bits per heavy atom. The molecule has 0 fully saturated rings. The molecular weight excluding hydrogens is 298 g/mol. The van der Waals surface area contributed by atoms with Crippen LogP contribution in [0.25, 0.3) is 0 Å². The normalized spacial score (nSPS) is 13.7. The summed E-state index contributed by atoms with van der Waals surface area (Å²) in [7, 11) is 1.69. The first-order chi connectivity index (χ1) is 10.9. The zero-order valence-corrected chi connectivity index (χ0v) is 12.9. The molecule has 0 N–H and O–H groups in total. The maximum atomic E-state index is 12.4. The minimum atomic E-state index is -0.781. The van der Waals surface area contributed by atoms with Crippen LogP contribution in [-0.2, 0) is 11.9 Å². The van der Waals surface area contributed by atoms with Crippen LogP contribution < -0.4 is 0 Å². The standard InChI is InChI=1S/C16H15N3O4/c1-9(2)13-12(8-18(3)17-13)16(22)23-19-14(20)10-6-4-5-7-11(10)15(19)21/h4-9H,1-3H3. The largest absolute Gasteiger partial charge is 0.367 e. The molecule has 7 heteroatoms. The quantitative estimate of drug-likeness (QED) is 0.809. The summed E-state index contributed by atoms with van der Waals surface area (Å²) in [5, 5.41) is 4.71. The average molecular weight is 313 g/mol. The number of aromatic nitrogens is 2. The van der Waals surface area contributed by atoms with Gasteiger partial charge in [0.05, 0.1) is 16.8 Å². The molecule has 0 atom stereocenters. The van der Waals surface area contributed by atoms with Crippen LogP contribution in [0.4, 0.5) is 0 Å². The third-order valence-corrected chi connectivity index (χ3v) is 3.56. The van der Waals surface area contributed by atoms with E-state index in [1.165, 1.54) is 23.0 Å². The SMILES string of the molecule is CC(C)c1nn(C)cc1C(=O)ON1C(=O)c2ccccc2C1=O. The van der Waals surface area contributed by atoms with Gasteiger partial charge in [0.2, 0.25) is 0 Å². The number of rotatable bonds is 3. The third kappa shape index (κ3) is 2.40. The first-order valence-electron chi connectivity index (χ1n) is 7.13. The summed E-state index contributed by atoms with van der Waals surface area (Å²) in [4.78, 5) is 41.8. The Labute approximate surface area is 132 Å². The Morgan fingerprint density at radius 1 is 1.13 bits per heavy atom. The van der Waals surface area contributed by atoms with E-state index in [0.717, 1.165) is 0 Å². The molecule has 1 aliphatic heterocycles. The van der Waals surface area contributed by atoms with Crippen LogP contribution in [0, 0.1) is 0 Å². The summed E-state index contributed by atoms with van der Waals surface area (Å²) in [6.45, 7) is 3.78. The van der Waals surface area contributed by atoms with Gasteiger partial charge in [-0.2, -0.15) is 5.10 Å². The lowest BCUT2D eigenvalue weighted by Gasteiger charge is -2.13. The van der Waals surface area contributed by atoms with Gasteiger partial charge in [0, 0.05) is 13.2 Å². The minimum absolute atomic E-state index is 0.000860. The van der Waals surface area contributed by atoms with E-state index in [4.69, 9.17) is 4.84 Å². The number of carbonyl (C=O) groups excluding carboxylic acids is 3. The van der Waals surface area contributed by atoms with Gasteiger partial charge in [-0.3, -0.25) is 14.3 Å². The molecule has 0 bridgehead atoms. The van der Waals surface area contributed by atoms with E-state index in [2.05, 4.69) is 5.10 Å². The Bertz CT molecular complexity index is 787. The van der Waals surface area contributed by atoms with Crippen molar-refractivity contribution >= 4 is 17.8 Å². The molecule has 1 aromatic heterocycles. The highest BCUT2D eigenvalue weighted by atomic mass is 16.7. The number of benzene rings is 1. The van der Waals surface area contributed by atoms with Gasteiger partial charge in [0.1, 0.15) is 5.56 Å². The Morgan fingerprint density at radius 3 is 2.22 bits per heavy atom. The number of imide groups is 1. The molecule has 7 nitrogen and oxygen atoms in total. The molecule has 3 rings (SSSR count). The summed E-state index contributed by atoms with van der Waals surface area (Å²) in [6.07, 6.45) is 1.51. The van der Waals surface area contributed by atoms with Gasteiger partial charge >= 0.3 is 5.97 Å².